The minimum Gasteiger partial charge on any atom is -0.463 e. The van der Waals surface area contributed by atoms with E-state index in [9.17, 15) is 19.2 Å². The summed E-state index contributed by atoms with van der Waals surface area (Å²) in [6.45, 7) is 8.33. The summed E-state index contributed by atoms with van der Waals surface area (Å²) in [6.07, 6.45) is -1.56. The Morgan fingerprint density at radius 2 is 1.12 bits per heavy atom. The second-order valence-corrected chi connectivity index (χ2v) is 6.03. The van der Waals surface area contributed by atoms with Gasteiger partial charge >= 0.3 is 11.9 Å². The number of hydrogen-bond acceptors (Lipinski definition) is 8. The number of carbonyl (C=O) groups is 4. The molecule has 8 nitrogen and oxygen atoms in total. The van der Waals surface area contributed by atoms with Crippen LogP contribution in [0, 0.1) is 0 Å². The molecule has 0 rings (SSSR count). The van der Waals surface area contributed by atoms with Gasteiger partial charge in [-0.15, -0.1) is 0 Å². The molecule has 3 unspecified atom stereocenters. The van der Waals surface area contributed by atoms with E-state index in [0.29, 0.717) is 0 Å². The van der Waals surface area contributed by atoms with Gasteiger partial charge in [0.05, 0.1) is 25.4 Å². The highest BCUT2D eigenvalue weighted by Gasteiger charge is 2.15. The van der Waals surface area contributed by atoms with Crippen LogP contribution in [0.1, 0.15) is 47.5 Å². The number of ketones is 2. The van der Waals surface area contributed by atoms with Gasteiger partial charge in [0.1, 0.15) is 37.1 Å². The van der Waals surface area contributed by atoms with Crippen molar-refractivity contribution < 1.29 is 38.1 Å². The number of esters is 2. The van der Waals surface area contributed by atoms with E-state index in [4.69, 9.17) is 18.9 Å². The number of carbonyl (C=O) groups excluding carboxylic acids is 4. The average Bonchev–Trinajstić information content (AvgIpc) is 2.47. The Labute approximate surface area is 148 Å². The minimum atomic E-state index is -0.576. The zero-order valence-corrected chi connectivity index (χ0v) is 15.5. The molecule has 3 atom stereocenters. The first-order valence-electron chi connectivity index (χ1n) is 8.17. The maximum absolute atomic E-state index is 11.3. The highest BCUT2D eigenvalue weighted by molar-refractivity contribution is 5.94. The molecule has 8 heteroatoms. The van der Waals surface area contributed by atoms with E-state index in [0.717, 1.165) is 0 Å². The molecule has 0 heterocycles. The molecule has 0 aliphatic heterocycles. The first-order valence-corrected chi connectivity index (χ1v) is 8.17. The van der Waals surface area contributed by atoms with Crippen LogP contribution in [0.5, 0.6) is 0 Å². The first-order chi connectivity index (χ1) is 11.6. The summed E-state index contributed by atoms with van der Waals surface area (Å²) in [7, 11) is 0. The van der Waals surface area contributed by atoms with Crippen molar-refractivity contribution in [3.8, 4) is 0 Å². The Kier molecular flexibility index (Phi) is 11.6. The van der Waals surface area contributed by atoms with Crippen LogP contribution in [0.15, 0.2) is 0 Å². The van der Waals surface area contributed by atoms with Crippen LogP contribution in [-0.2, 0) is 38.1 Å². The van der Waals surface area contributed by atoms with E-state index < -0.39 is 18.0 Å². The first kappa shape index (κ1) is 23.2. The fourth-order valence-corrected chi connectivity index (χ4v) is 1.66. The van der Waals surface area contributed by atoms with E-state index in [1.165, 1.54) is 13.8 Å². The zero-order valence-electron chi connectivity index (χ0n) is 15.5. The van der Waals surface area contributed by atoms with E-state index in [-0.39, 0.29) is 56.4 Å². The van der Waals surface area contributed by atoms with Gasteiger partial charge in [0.2, 0.25) is 0 Å². The Morgan fingerprint density at radius 1 is 0.680 bits per heavy atom. The maximum atomic E-state index is 11.3. The highest BCUT2D eigenvalue weighted by Crippen LogP contribution is 2.02. The lowest BCUT2D eigenvalue weighted by atomic mass is 10.3. The standard InChI is InChI=1S/C17H28O8/c1-11(18)6-16(20)24-9-14(4)22-8-13(3)23-10-15(5)25-17(21)7-12(2)19/h13-15H,6-10H2,1-5H3. The van der Waals surface area contributed by atoms with Crippen LogP contribution in [0.4, 0.5) is 0 Å². The molecule has 0 aromatic carbocycles. The molecule has 0 amide bonds. The normalized spacial score (nSPS) is 14.3. The third-order valence-electron chi connectivity index (χ3n) is 2.83. The Balaban J connectivity index is 3.86. The van der Waals surface area contributed by atoms with E-state index >= 15 is 0 Å². The molecule has 0 fully saturated rings. The SMILES string of the molecule is CC(=O)CC(=O)OCC(C)OCC(C)OCC(C)OC(=O)CC(C)=O. The highest BCUT2D eigenvalue weighted by atomic mass is 16.6. The van der Waals surface area contributed by atoms with Gasteiger partial charge in [-0.25, -0.2) is 0 Å². The summed E-state index contributed by atoms with van der Waals surface area (Å²) >= 11 is 0. The second-order valence-electron chi connectivity index (χ2n) is 6.03. The molecule has 0 spiro atoms. The van der Waals surface area contributed by atoms with Crippen LogP contribution in [-0.4, -0.2) is 61.6 Å². The molecule has 0 aromatic heterocycles. The van der Waals surface area contributed by atoms with E-state index in [1.54, 1.807) is 20.8 Å². The van der Waals surface area contributed by atoms with Gasteiger partial charge in [-0.2, -0.15) is 0 Å². The van der Waals surface area contributed by atoms with Gasteiger partial charge in [0, 0.05) is 0 Å². The van der Waals surface area contributed by atoms with Crippen molar-refractivity contribution in [1.82, 2.24) is 0 Å². The lowest BCUT2D eigenvalue weighted by Crippen LogP contribution is -2.28. The van der Waals surface area contributed by atoms with E-state index in [2.05, 4.69) is 0 Å². The van der Waals surface area contributed by atoms with Crippen molar-refractivity contribution >= 4 is 23.5 Å². The molecule has 0 N–H and O–H groups in total. The topological polar surface area (TPSA) is 105 Å². The van der Waals surface area contributed by atoms with Gasteiger partial charge in [-0.05, 0) is 34.6 Å². The Bertz CT molecular complexity index is 460. The van der Waals surface area contributed by atoms with Crippen LogP contribution in [0.3, 0.4) is 0 Å². The second kappa shape index (κ2) is 12.5. The third kappa shape index (κ3) is 14.3. The fourth-order valence-electron chi connectivity index (χ4n) is 1.66. The lowest BCUT2D eigenvalue weighted by Gasteiger charge is -2.19. The fraction of sp³-hybridized carbons (Fsp3) is 0.765. The molecular weight excluding hydrogens is 332 g/mol. The smallest absolute Gasteiger partial charge is 0.313 e. The summed E-state index contributed by atoms with van der Waals surface area (Å²) in [5.41, 5.74) is 0. The van der Waals surface area contributed by atoms with Gasteiger partial charge in [-0.1, -0.05) is 0 Å². The van der Waals surface area contributed by atoms with Crippen LogP contribution >= 0.6 is 0 Å². The molecule has 0 bridgehead atoms. The lowest BCUT2D eigenvalue weighted by molar-refractivity contribution is -0.156. The van der Waals surface area contributed by atoms with Gasteiger partial charge in [0.15, 0.2) is 0 Å². The zero-order chi connectivity index (χ0) is 19.4. The average molecular weight is 360 g/mol. The Morgan fingerprint density at radius 3 is 1.64 bits per heavy atom. The minimum absolute atomic E-state index is 0.0535. The van der Waals surface area contributed by atoms with Gasteiger partial charge < -0.3 is 18.9 Å². The third-order valence-corrected chi connectivity index (χ3v) is 2.83. The largest absolute Gasteiger partial charge is 0.463 e. The van der Waals surface area contributed by atoms with Crippen molar-refractivity contribution in [2.24, 2.45) is 0 Å². The summed E-state index contributed by atoms with van der Waals surface area (Å²) in [5, 5.41) is 0. The molecule has 0 saturated heterocycles. The predicted octanol–water partition coefficient (Wildman–Crippen LogP) is 1.23. The number of rotatable bonds is 13. The molecule has 0 saturated carbocycles. The van der Waals surface area contributed by atoms with Gasteiger partial charge in [-0.3, -0.25) is 19.2 Å². The van der Waals surface area contributed by atoms with Crippen molar-refractivity contribution in [2.45, 2.75) is 65.8 Å². The summed E-state index contributed by atoms with van der Waals surface area (Å²) in [5.74, 6) is -1.65. The maximum Gasteiger partial charge on any atom is 0.313 e. The molecule has 0 radical (unpaired) electrons. The van der Waals surface area contributed by atoms with Crippen molar-refractivity contribution in [3.05, 3.63) is 0 Å². The quantitative estimate of drug-likeness (QED) is 0.357. The molecule has 144 valence electrons. The van der Waals surface area contributed by atoms with Gasteiger partial charge in [0.25, 0.3) is 0 Å². The van der Waals surface area contributed by atoms with Crippen LogP contribution in [0.2, 0.25) is 0 Å². The number of hydrogen-bond donors (Lipinski definition) is 0. The van der Waals surface area contributed by atoms with Crippen LogP contribution in [0.25, 0.3) is 0 Å². The van der Waals surface area contributed by atoms with E-state index in [1.807, 2.05) is 0 Å². The van der Waals surface area contributed by atoms with Crippen molar-refractivity contribution in [2.75, 3.05) is 19.8 Å². The molecule has 0 aliphatic carbocycles. The summed E-state index contributed by atoms with van der Waals surface area (Å²) in [6, 6.07) is 0. The monoisotopic (exact) mass is 360 g/mol. The number of Topliss-reactive ketones (excluding diaryl/α,β-unsaturated/α-hetero) is 2. The van der Waals surface area contributed by atoms with Crippen molar-refractivity contribution in [1.29, 1.82) is 0 Å². The molecule has 0 aromatic rings. The molecular formula is C17H28O8. The number of ether oxygens (including phenoxy) is 4. The molecule has 25 heavy (non-hydrogen) atoms. The summed E-state index contributed by atoms with van der Waals surface area (Å²) < 4.78 is 20.9. The Hall–Kier alpha value is -1.80. The molecule has 0 aliphatic rings. The van der Waals surface area contributed by atoms with Crippen LogP contribution < -0.4 is 0 Å². The summed E-state index contributed by atoms with van der Waals surface area (Å²) in [4.78, 5) is 44.1. The van der Waals surface area contributed by atoms with Crippen molar-refractivity contribution in [3.63, 3.8) is 0 Å². The predicted molar refractivity (Wildman–Crippen MR) is 87.9 cm³/mol.